The van der Waals surface area contributed by atoms with Crippen molar-refractivity contribution in [1.29, 1.82) is 0 Å². The highest BCUT2D eigenvalue weighted by Crippen LogP contribution is 2.33. The Bertz CT molecular complexity index is 401. The van der Waals surface area contributed by atoms with Crippen LogP contribution in [0.5, 0.6) is 11.8 Å². The third-order valence-electron chi connectivity index (χ3n) is 3.42. The van der Waals surface area contributed by atoms with Gasteiger partial charge in [-0.1, -0.05) is 13.8 Å². The molecule has 1 aromatic heterocycles. The Morgan fingerprint density at radius 2 is 1.72 bits per heavy atom. The van der Waals surface area contributed by atoms with E-state index in [4.69, 9.17) is 15.2 Å². The van der Waals surface area contributed by atoms with Gasteiger partial charge in [0.25, 0.3) is 0 Å². The number of methoxy groups -OCH3 is 1. The van der Waals surface area contributed by atoms with Gasteiger partial charge >= 0.3 is 0 Å². The molecule has 1 aliphatic rings. The normalized spacial score (nSPS) is 27.8. The van der Waals surface area contributed by atoms with Crippen molar-refractivity contribution in [2.45, 2.75) is 39.2 Å². The molecule has 1 fully saturated rings. The van der Waals surface area contributed by atoms with E-state index in [2.05, 4.69) is 23.8 Å². The van der Waals surface area contributed by atoms with Crippen LogP contribution in [0.3, 0.4) is 0 Å². The summed E-state index contributed by atoms with van der Waals surface area (Å²) in [4.78, 5) is 8.03. The Morgan fingerprint density at radius 3 is 2.33 bits per heavy atom. The predicted octanol–water partition coefficient (Wildman–Crippen LogP) is 2.27. The van der Waals surface area contributed by atoms with Gasteiger partial charge in [-0.05, 0) is 31.1 Å². The van der Waals surface area contributed by atoms with Crippen LogP contribution in [0, 0.1) is 11.8 Å². The molecule has 1 saturated carbocycles. The molecule has 0 spiro atoms. The number of aromatic nitrogens is 2. The first kappa shape index (κ1) is 12.9. The van der Waals surface area contributed by atoms with Gasteiger partial charge in [-0.25, -0.2) is 0 Å². The zero-order chi connectivity index (χ0) is 13.1. The molecular formula is C13H21N3O2. The van der Waals surface area contributed by atoms with Gasteiger partial charge in [-0.15, -0.1) is 0 Å². The number of hydrogen-bond acceptors (Lipinski definition) is 5. The second-order valence-corrected chi connectivity index (χ2v) is 5.26. The molecule has 0 aliphatic heterocycles. The summed E-state index contributed by atoms with van der Waals surface area (Å²) < 4.78 is 11.0. The van der Waals surface area contributed by atoms with Crippen LogP contribution in [-0.2, 0) is 0 Å². The lowest BCUT2D eigenvalue weighted by molar-refractivity contribution is 0.0970. The van der Waals surface area contributed by atoms with Crippen molar-refractivity contribution >= 4 is 5.69 Å². The standard InChI is InChI=1S/C13H21N3O2/c1-8-4-9(2)6-10(5-8)18-13-11(14)12(17-3)15-7-16-13/h7-10H,4-6,14H2,1-3H3. The third-order valence-corrected chi connectivity index (χ3v) is 3.42. The number of hydrogen-bond donors (Lipinski definition) is 1. The largest absolute Gasteiger partial charge is 0.479 e. The van der Waals surface area contributed by atoms with Crippen molar-refractivity contribution in [2.75, 3.05) is 12.8 Å². The van der Waals surface area contributed by atoms with Crippen LogP contribution in [0.15, 0.2) is 6.33 Å². The summed E-state index contributed by atoms with van der Waals surface area (Å²) in [5.74, 6) is 2.18. The molecule has 0 amide bonds. The number of anilines is 1. The molecule has 0 aromatic carbocycles. The fraction of sp³-hybridized carbons (Fsp3) is 0.692. The smallest absolute Gasteiger partial charge is 0.244 e. The van der Waals surface area contributed by atoms with E-state index in [1.165, 1.54) is 19.9 Å². The summed E-state index contributed by atoms with van der Waals surface area (Å²) in [5.41, 5.74) is 6.29. The number of rotatable bonds is 3. The van der Waals surface area contributed by atoms with Gasteiger partial charge in [0.05, 0.1) is 7.11 Å². The maximum absolute atomic E-state index is 5.91. The van der Waals surface area contributed by atoms with Crippen LogP contribution in [0.2, 0.25) is 0 Å². The van der Waals surface area contributed by atoms with Crippen molar-refractivity contribution in [2.24, 2.45) is 11.8 Å². The van der Waals surface area contributed by atoms with Crippen LogP contribution in [0.25, 0.3) is 0 Å². The highest BCUT2D eigenvalue weighted by molar-refractivity contribution is 5.55. The zero-order valence-corrected chi connectivity index (χ0v) is 11.2. The van der Waals surface area contributed by atoms with E-state index >= 15 is 0 Å². The summed E-state index contributed by atoms with van der Waals surface area (Å²) in [5, 5.41) is 0. The zero-order valence-electron chi connectivity index (χ0n) is 11.2. The summed E-state index contributed by atoms with van der Waals surface area (Å²) in [6.07, 6.45) is 4.97. The topological polar surface area (TPSA) is 70.3 Å². The van der Waals surface area contributed by atoms with Crippen LogP contribution in [0.1, 0.15) is 33.1 Å². The molecule has 5 nitrogen and oxygen atoms in total. The molecule has 0 saturated heterocycles. The maximum atomic E-state index is 5.91. The average molecular weight is 251 g/mol. The van der Waals surface area contributed by atoms with Crippen LogP contribution in [0.4, 0.5) is 5.69 Å². The van der Waals surface area contributed by atoms with Crippen molar-refractivity contribution in [3.63, 3.8) is 0 Å². The Hall–Kier alpha value is -1.52. The number of ether oxygens (including phenoxy) is 2. The van der Waals surface area contributed by atoms with Gasteiger partial charge in [0.2, 0.25) is 11.8 Å². The van der Waals surface area contributed by atoms with Crippen molar-refractivity contribution in [3.05, 3.63) is 6.33 Å². The molecule has 2 atom stereocenters. The Kier molecular flexibility index (Phi) is 3.89. The molecular weight excluding hydrogens is 230 g/mol. The van der Waals surface area contributed by atoms with E-state index < -0.39 is 0 Å². The summed E-state index contributed by atoms with van der Waals surface area (Å²) >= 11 is 0. The summed E-state index contributed by atoms with van der Waals surface area (Å²) in [6, 6.07) is 0. The summed E-state index contributed by atoms with van der Waals surface area (Å²) in [7, 11) is 1.53. The third kappa shape index (κ3) is 2.83. The van der Waals surface area contributed by atoms with Crippen LogP contribution >= 0.6 is 0 Å². The molecule has 2 unspecified atom stereocenters. The average Bonchev–Trinajstić information content (AvgIpc) is 2.30. The van der Waals surface area contributed by atoms with Gasteiger partial charge in [-0.3, -0.25) is 0 Å². The quantitative estimate of drug-likeness (QED) is 0.892. The van der Waals surface area contributed by atoms with Crippen LogP contribution in [-0.4, -0.2) is 23.2 Å². The second-order valence-electron chi connectivity index (χ2n) is 5.26. The van der Waals surface area contributed by atoms with Gasteiger partial charge in [-0.2, -0.15) is 9.97 Å². The molecule has 2 N–H and O–H groups in total. The van der Waals surface area contributed by atoms with E-state index in [0.717, 1.165) is 12.8 Å². The highest BCUT2D eigenvalue weighted by atomic mass is 16.5. The van der Waals surface area contributed by atoms with E-state index in [9.17, 15) is 0 Å². The van der Waals surface area contributed by atoms with Crippen molar-refractivity contribution < 1.29 is 9.47 Å². The number of nitrogen functional groups attached to an aromatic ring is 1. The highest BCUT2D eigenvalue weighted by Gasteiger charge is 2.26. The Balaban J connectivity index is 2.09. The molecule has 18 heavy (non-hydrogen) atoms. The molecule has 1 aliphatic carbocycles. The second kappa shape index (κ2) is 5.42. The van der Waals surface area contributed by atoms with Crippen molar-refractivity contribution in [3.8, 4) is 11.8 Å². The molecule has 0 bridgehead atoms. The Morgan fingerprint density at radius 1 is 1.11 bits per heavy atom. The number of nitrogens with two attached hydrogens (primary N) is 1. The van der Waals surface area contributed by atoms with E-state index in [0.29, 0.717) is 29.3 Å². The van der Waals surface area contributed by atoms with Crippen LogP contribution < -0.4 is 15.2 Å². The molecule has 2 rings (SSSR count). The van der Waals surface area contributed by atoms with Gasteiger partial charge in [0.15, 0.2) is 5.69 Å². The lowest BCUT2D eigenvalue weighted by atomic mass is 9.82. The molecule has 0 radical (unpaired) electrons. The first-order chi connectivity index (χ1) is 8.60. The van der Waals surface area contributed by atoms with Gasteiger partial charge in [0.1, 0.15) is 12.4 Å². The summed E-state index contributed by atoms with van der Waals surface area (Å²) in [6.45, 7) is 4.52. The lowest BCUT2D eigenvalue weighted by Gasteiger charge is -2.31. The fourth-order valence-corrected chi connectivity index (χ4v) is 2.75. The molecule has 1 heterocycles. The monoisotopic (exact) mass is 251 g/mol. The molecule has 1 aromatic rings. The van der Waals surface area contributed by atoms with Crippen molar-refractivity contribution in [1.82, 2.24) is 9.97 Å². The minimum atomic E-state index is 0.186. The number of nitrogens with zero attached hydrogens (tertiary/aromatic N) is 2. The molecule has 100 valence electrons. The molecule has 5 heteroatoms. The fourth-order valence-electron chi connectivity index (χ4n) is 2.75. The minimum Gasteiger partial charge on any atom is -0.479 e. The predicted molar refractivity (Wildman–Crippen MR) is 69.6 cm³/mol. The van der Waals surface area contributed by atoms with E-state index in [1.54, 1.807) is 0 Å². The maximum Gasteiger partial charge on any atom is 0.244 e. The lowest BCUT2D eigenvalue weighted by Crippen LogP contribution is -2.29. The first-order valence-electron chi connectivity index (χ1n) is 6.41. The minimum absolute atomic E-state index is 0.186. The van der Waals surface area contributed by atoms with E-state index in [-0.39, 0.29) is 6.10 Å². The van der Waals surface area contributed by atoms with Gasteiger partial charge < -0.3 is 15.2 Å². The van der Waals surface area contributed by atoms with E-state index in [1.807, 2.05) is 0 Å². The van der Waals surface area contributed by atoms with Gasteiger partial charge in [0, 0.05) is 0 Å². The Labute approximate surface area is 108 Å². The SMILES string of the molecule is COc1ncnc(OC2CC(C)CC(C)C2)c1N. The first-order valence-corrected chi connectivity index (χ1v) is 6.41.